The van der Waals surface area contributed by atoms with Gasteiger partial charge in [0.1, 0.15) is 0 Å². The minimum Gasteiger partial charge on any atom is -0.379 e. The lowest BCUT2D eigenvalue weighted by molar-refractivity contribution is 0.0353. The maximum absolute atomic E-state index is 6.04. The Morgan fingerprint density at radius 1 is 1.16 bits per heavy atom. The zero-order valence-corrected chi connectivity index (χ0v) is 12.4. The number of morpholine rings is 1. The van der Waals surface area contributed by atoms with Crippen LogP contribution in [-0.4, -0.2) is 44.3 Å². The first-order valence-corrected chi connectivity index (χ1v) is 7.19. The Bertz CT molecular complexity index is 402. The monoisotopic (exact) mass is 262 g/mol. The highest BCUT2D eigenvalue weighted by atomic mass is 16.5. The van der Waals surface area contributed by atoms with Gasteiger partial charge < -0.3 is 10.5 Å². The molecular weight excluding hydrogens is 236 g/mol. The molecule has 1 saturated heterocycles. The average molecular weight is 262 g/mol. The summed E-state index contributed by atoms with van der Waals surface area (Å²) in [4.78, 5) is 2.47. The minimum absolute atomic E-state index is 0.429. The Labute approximate surface area is 116 Å². The van der Waals surface area contributed by atoms with E-state index in [1.54, 1.807) is 0 Å². The van der Waals surface area contributed by atoms with Gasteiger partial charge in [-0.3, -0.25) is 4.90 Å². The highest BCUT2D eigenvalue weighted by Crippen LogP contribution is 2.25. The number of nitrogens with two attached hydrogens (primary N) is 1. The van der Waals surface area contributed by atoms with Gasteiger partial charge in [0, 0.05) is 32.1 Å². The first-order valence-electron chi connectivity index (χ1n) is 7.19. The van der Waals surface area contributed by atoms with Crippen LogP contribution in [-0.2, 0) is 4.74 Å². The van der Waals surface area contributed by atoms with E-state index in [-0.39, 0.29) is 0 Å². The molecule has 2 N–H and O–H groups in total. The Balaban J connectivity index is 2.16. The van der Waals surface area contributed by atoms with Crippen LogP contribution in [0.4, 0.5) is 0 Å². The third kappa shape index (κ3) is 3.56. The average Bonchev–Trinajstić information content (AvgIpc) is 2.37. The predicted octanol–water partition coefficient (Wildman–Crippen LogP) is 1.99. The van der Waals surface area contributed by atoms with E-state index in [4.69, 9.17) is 10.5 Å². The quantitative estimate of drug-likeness (QED) is 0.902. The largest absolute Gasteiger partial charge is 0.379 e. The Hall–Kier alpha value is -0.900. The van der Waals surface area contributed by atoms with E-state index in [2.05, 4.69) is 37.8 Å². The third-order valence-electron chi connectivity index (χ3n) is 4.01. The molecule has 2 rings (SSSR count). The highest BCUT2D eigenvalue weighted by Gasteiger charge is 2.20. The SMILES string of the molecule is Cc1cc(C)c(C(CN)CN2CCOCC2)c(C)c1. The van der Waals surface area contributed by atoms with Crippen molar-refractivity contribution in [3.63, 3.8) is 0 Å². The number of nitrogens with zero attached hydrogens (tertiary/aromatic N) is 1. The van der Waals surface area contributed by atoms with E-state index < -0.39 is 0 Å². The molecule has 1 fully saturated rings. The Morgan fingerprint density at radius 2 is 1.74 bits per heavy atom. The number of ether oxygens (including phenoxy) is 1. The summed E-state index contributed by atoms with van der Waals surface area (Å²) in [5.41, 5.74) is 11.6. The summed E-state index contributed by atoms with van der Waals surface area (Å²) < 4.78 is 5.41. The summed E-state index contributed by atoms with van der Waals surface area (Å²) in [6.07, 6.45) is 0. The molecule has 0 aromatic heterocycles. The topological polar surface area (TPSA) is 38.5 Å². The van der Waals surface area contributed by atoms with Crippen molar-refractivity contribution >= 4 is 0 Å². The van der Waals surface area contributed by atoms with Gasteiger partial charge in [0.2, 0.25) is 0 Å². The second-order valence-corrected chi connectivity index (χ2v) is 5.66. The van der Waals surface area contributed by atoms with Crippen molar-refractivity contribution in [1.82, 2.24) is 4.90 Å². The predicted molar refractivity (Wildman–Crippen MR) is 79.7 cm³/mol. The summed E-state index contributed by atoms with van der Waals surface area (Å²) in [6.45, 7) is 12.1. The molecule has 1 heterocycles. The van der Waals surface area contributed by atoms with E-state index in [0.29, 0.717) is 12.5 Å². The lowest BCUT2D eigenvalue weighted by Gasteiger charge is -2.31. The number of rotatable bonds is 4. The summed E-state index contributed by atoms with van der Waals surface area (Å²) in [5, 5.41) is 0. The molecule has 0 aliphatic carbocycles. The fourth-order valence-corrected chi connectivity index (χ4v) is 3.21. The van der Waals surface area contributed by atoms with Crippen LogP contribution in [0.1, 0.15) is 28.2 Å². The van der Waals surface area contributed by atoms with Gasteiger partial charge in [-0.05, 0) is 37.5 Å². The van der Waals surface area contributed by atoms with E-state index in [1.807, 2.05) is 0 Å². The van der Waals surface area contributed by atoms with Crippen LogP contribution in [0.2, 0.25) is 0 Å². The van der Waals surface area contributed by atoms with Crippen LogP contribution in [0, 0.1) is 20.8 Å². The summed E-state index contributed by atoms with van der Waals surface area (Å²) in [7, 11) is 0. The van der Waals surface area contributed by atoms with Gasteiger partial charge in [0.15, 0.2) is 0 Å². The second-order valence-electron chi connectivity index (χ2n) is 5.66. The minimum atomic E-state index is 0.429. The number of hydrogen-bond acceptors (Lipinski definition) is 3. The zero-order chi connectivity index (χ0) is 13.8. The highest BCUT2D eigenvalue weighted by molar-refractivity contribution is 5.40. The Morgan fingerprint density at radius 3 is 2.26 bits per heavy atom. The Kier molecular flexibility index (Phi) is 4.97. The lowest BCUT2D eigenvalue weighted by Crippen LogP contribution is -2.40. The molecule has 3 nitrogen and oxygen atoms in total. The first kappa shape index (κ1) is 14.5. The van der Waals surface area contributed by atoms with Gasteiger partial charge in [0.25, 0.3) is 0 Å². The van der Waals surface area contributed by atoms with Crippen molar-refractivity contribution in [3.8, 4) is 0 Å². The van der Waals surface area contributed by atoms with E-state index in [9.17, 15) is 0 Å². The molecule has 1 unspecified atom stereocenters. The number of benzene rings is 1. The maximum atomic E-state index is 6.04. The van der Waals surface area contributed by atoms with E-state index in [1.165, 1.54) is 22.3 Å². The van der Waals surface area contributed by atoms with Crippen molar-refractivity contribution in [2.24, 2.45) is 5.73 Å². The fraction of sp³-hybridized carbons (Fsp3) is 0.625. The molecule has 1 atom stereocenters. The van der Waals surface area contributed by atoms with Crippen LogP contribution in [0.5, 0.6) is 0 Å². The molecule has 106 valence electrons. The lowest BCUT2D eigenvalue weighted by atomic mass is 9.89. The van der Waals surface area contributed by atoms with Gasteiger partial charge in [-0.2, -0.15) is 0 Å². The van der Waals surface area contributed by atoms with Crippen LogP contribution in [0.3, 0.4) is 0 Å². The molecule has 0 saturated carbocycles. The van der Waals surface area contributed by atoms with E-state index >= 15 is 0 Å². The van der Waals surface area contributed by atoms with Gasteiger partial charge in [0.05, 0.1) is 13.2 Å². The van der Waals surface area contributed by atoms with Crippen LogP contribution < -0.4 is 5.73 Å². The van der Waals surface area contributed by atoms with Crippen molar-refractivity contribution in [3.05, 3.63) is 34.4 Å². The maximum Gasteiger partial charge on any atom is 0.0594 e. The third-order valence-corrected chi connectivity index (χ3v) is 4.01. The van der Waals surface area contributed by atoms with Gasteiger partial charge in [-0.15, -0.1) is 0 Å². The molecule has 1 aliphatic heterocycles. The molecule has 0 bridgehead atoms. The van der Waals surface area contributed by atoms with E-state index in [0.717, 1.165) is 32.8 Å². The molecule has 0 spiro atoms. The van der Waals surface area contributed by atoms with Crippen molar-refractivity contribution < 1.29 is 4.74 Å². The summed E-state index contributed by atoms with van der Waals surface area (Å²) in [6, 6.07) is 4.54. The molecule has 3 heteroatoms. The van der Waals surface area contributed by atoms with Gasteiger partial charge >= 0.3 is 0 Å². The molecule has 0 amide bonds. The summed E-state index contributed by atoms with van der Waals surface area (Å²) in [5.74, 6) is 0.429. The van der Waals surface area contributed by atoms with Crippen molar-refractivity contribution in [2.75, 3.05) is 39.4 Å². The molecule has 19 heavy (non-hydrogen) atoms. The zero-order valence-electron chi connectivity index (χ0n) is 12.4. The second kappa shape index (κ2) is 6.51. The normalized spacial score (nSPS) is 18.5. The van der Waals surface area contributed by atoms with Crippen LogP contribution in [0.15, 0.2) is 12.1 Å². The van der Waals surface area contributed by atoms with Crippen LogP contribution in [0.25, 0.3) is 0 Å². The van der Waals surface area contributed by atoms with Gasteiger partial charge in [-0.25, -0.2) is 0 Å². The fourth-order valence-electron chi connectivity index (χ4n) is 3.21. The van der Waals surface area contributed by atoms with Crippen molar-refractivity contribution in [2.45, 2.75) is 26.7 Å². The molecule has 1 aliphatic rings. The van der Waals surface area contributed by atoms with Crippen molar-refractivity contribution in [1.29, 1.82) is 0 Å². The molecule has 1 aromatic carbocycles. The molecular formula is C16H26N2O. The smallest absolute Gasteiger partial charge is 0.0594 e. The number of hydrogen-bond donors (Lipinski definition) is 1. The molecule has 0 radical (unpaired) electrons. The number of aryl methyl sites for hydroxylation is 3. The first-order chi connectivity index (χ1) is 9.11. The standard InChI is InChI=1S/C16H26N2O/c1-12-8-13(2)16(14(3)9-12)15(10-17)11-18-4-6-19-7-5-18/h8-9,15H,4-7,10-11,17H2,1-3H3. The summed E-state index contributed by atoms with van der Waals surface area (Å²) >= 11 is 0. The van der Waals surface area contributed by atoms with Crippen LogP contribution >= 0.6 is 0 Å². The molecule has 1 aromatic rings. The van der Waals surface area contributed by atoms with Gasteiger partial charge in [-0.1, -0.05) is 17.7 Å².